The van der Waals surface area contributed by atoms with Gasteiger partial charge < -0.3 is 10.2 Å². The minimum Gasteiger partial charge on any atom is -0.337 e. The van der Waals surface area contributed by atoms with Gasteiger partial charge in [0.05, 0.1) is 11.1 Å². The van der Waals surface area contributed by atoms with Gasteiger partial charge in [0.15, 0.2) is 0 Å². The topological polar surface area (TPSA) is 32.3 Å². The van der Waals surface area contributed by atoms with Gasteiger partial charge >= 0.3 is 6.18 Å². The van der Waals surface area contributed by atoms with Crippen LogP contribution in [0.3, 0.4) is 0 Å². The number of hydrogen-bond acceptors (Lipinski definition) is 2. The number of halogens is 5. The highest BCUT2D eigenvalue weighted by atomic mass is 35.5. The Bertz CT molecular complexity index is 536. The lowest BCUT2D eigenvalue weighted by atomic mass is 10.0. The highest BCUT2D eigenvalue weighted by molar-refractivity contribution is 5.94. The van der Waals surface area contributed by atoms with Crippen molar-refractivity contribution in [2.75, 3.05) is 20.1 Å². The first-order chi connectivity index (χ1) is 9.84. The number of likely N-dealkylation sites (N-methyl/N-ethyl adjacent to an activating group) is 1. The maximum Gasteiger partial charge on any atom is 0.419 e. The quantitative estimate of drug-likeness (QED) is 0.839. The number of piperidine rings is 1. The van der Waals surface area contributed by atoms with Gasteiger partial charge in [0.2, 0.25) is 0 Å². The number of amides is 1. The Morgan fingerprint density at radius 3 is 2.64 bits per heavy atom. The lowest BCUT2D eigenvalue weighted by Gasteiger charge is -2.32. The van der Waals surface area contributed by atoms with Crippen molar-refractivity contribution in [3.8, 4) is 0 Å². The second-order valence-electron chi connectivity index (χ2n) is 5.04. The molecule has 1 fully saturated rings. The van der Waals surface area contributed by atoms with Crippen molar-refractivity contribution >= 4 is 18.3 Å². The van der Waals surface area contributed by atoms with E-state index < -0.39 is 29.0 Å². The summed E-state index contributed by atoms with van der Waals surface area (Å²) in [5, 5.41) is 3.02. The van der Waals surface area contributed by atoms with Crippen molar-refractivity contribution in [3.05, 3.63) is 35.1 Å². The molecule has 1 aromatic rings. The molecule has 2 rings (SSSR count). The molecule has 0 saturated carbocycles. The smallest absolute Gasteiger partial charge is 0.337 e. The Labute approximate surface area is 132 Å². The fourth-order valence-electron chi connectivity index (χ4n) is 2.48. The molecule has 0 aromatic heterocycles. The summed E-state index contributed by atoms with van der Waals surface area (Å²) in [7, 11) is 1.75. The van der Waals surface area contributed by atoms with Gasteiger partial charge in [0.25, 0.3) is 5.91 Å². The highest BCUT2D eigenvalue weighted by Gasteiger charge is 2.36. The van der Waals surface area contributed by atoms with Gasteiger partial charge in [-0.15, -0.1) is 12.4 Å². The third-order valence-corrected chi connectivity index (χ3v) is 3.65. The normalized spacial score (nSPS) is 18.8. The van der Waals surface area contributed by atoms with Crippen LogP contribution >= 0.6 is 12.4 Å². The summed E-state index contributed by atoms with van der Waals surface area (Å²) in [6.07, 6.45) is -3.20. The molecular weight excluding hydrogens is 324 g/mol. The molecular formula is C14H17ClF4N2O. The molecule has 0 bridgehead atoms. The van der Waals surface area contributed by atoms with Crippen LogP contribution in [-0.4, -0.2) is 37.0 Å². The van der Waals surface area contributed by atoms with E-state index in [0.717, 1.165) is 25.0 Å². The predicted molar refractivity (Wildman–Crippen MR) is 76.6 cm³/mol. The average molecular weight is 341 g/mol. The number of rotatable bonds is 2. The van der Waals surface area contributed by atoms with Crippen LogP contribution in [0.15, 0.2) is 18.2 Å². The van der Waals surface area contributed by atoms with E-state index in [1.165, 1.54) is 4.90 Å². The third-order valence-electron chi connectivity index (χ3n) is 3.65. The van der Waals surface area contributed by atoms with Gasteiger partial charge in [-0.2, -0.15) is 13.2 Å². The Morgan fingerprint density at radius 2 is 2.05 bits per heavy atom. The van der Waals surface area contributed by atoms with E-state index in [-0.39, 0.29) is 18.4 Å². The maximum absolute atomic E-state index is 14.0. The summed E-state index contributed by atoms with van der Waals surface area (Å²) in [6, 6.07) is 2.87. The number of nitrogens with zero attached hydrogens (tertiary/aromatic N) is 1. The molecule has 0 radical (unpaired) electrons. The Balaban J connectivity index is 0.00000242. The fraction of sp³-hybridized carbons (Fsp3) is 0.500. The SMILES string of the molecule is CNC1CCCN(C(=O)c2cccc(C(F)(F)F)c2F)C1.Cl. The van der Waals surface area contributed by atoms with Crippen LogP contribution in [0.5, 0.6) is 0 Å². The lowest BCUT2D eigenvalue weighted by Crippen LogP contribution is -2.47. The van der Waals surface area contributed by atoms with Gasteiger partial charge in [-0.1, -0.05) is 6.07 Å². The molecule has 8 heteroatoms. The zero-order chi connectivity index (χ0) is 15.6. The van der Waals surface area contributed by atoms with E-state index in [9.17, 15) is 22.4 Å². The van der Waals surface area contributed by atoms with E-state index in [2.05, 4.69) is 5.32 Å². The van der Waals surface area contributed by atoms with E-state index in [4.69, 9.17) is 0 Å². The van der Waals surface area contributed by atoms with Gasteiger partial charge in [-0.3, -0.25) is 4.79 Å². The molecule has 1 amide bonds. The van der Waals surface area contributed by atoms with Crippen molar-refractivity contribution < 1.29 is 22.4 Å². The Hall–Kier alpha value is -1.34. The van der Waals surface area contributed by atoms with E-state index in [0.29, 0.717) is 19.2 Å². The first kappa shape index (κ1) is 18.7. The van der Waals surface area contributed by atoms with Gasteiger partial charge in [-0.05, 0) is 32.0 Å². The number of likely N-dealkylation sites (tertiary alicyclic amines) is 1. The summed E-state index contributed by atoms with van der Waals surface area (Å²) >= 11 is 0. The van der Waals surface area contributed by atoms with Gasteiger partial charge in [0.1, 0.15) is 5.82 Å². The summed E-state index contributed by atoms with van der Waals surface area (Å²) in [5.41, 5.74) is -1.93. The second-order valence-corrected chi connectivity index (χ2v) is 5.04. The molecule has 1 heterocycles. The van der Waals surface area contributed by atoms with E-state index in [1.807, 2.05) is 0 Å². The van der Waals surface area contributed by atoms with Crippen LogP contribution in [0.25, 0.3) is 0 Å². The zero-order valence-electron chi connectivity index (χ0n) is 11.9. The molecule has 0 aliphatic carbocycles. The molecule has 1 unspecified atom stereocenters. The van der Waals surface area contributed by atoms with Crippen LogP contribution in [0.1, 0.15) is 28.8 Å². The van der Waals surface area contributed by atoms with Crippen LogP contribution in [0, 0.1) is 5.82 Å². The molecule has 124 valence electrons. The third kappa shape index (κ3) is 3.89. The van der Waals surface area contributed by atoms with E-state index in [1.54, 1.807) is 7.05 Å². The maximum atomic E-state index is 14.0. The van der Waals surface area contributed by atoms with Crippen molar-refractivity contribution in [1.82, 2.24) is 10.2 Å². The minimum absolute atomic E-state index is 0. The number of alkyl halides is 3. The van der Waals surface area contributed by atoms with Gasteiger partial charge in [-0.25, -0.2) is 4.39 Å². The first-order valence-electron chi connectivity index (χ1n) is 6.67. The molecule has 22 heavy (non-hydrogen) atoms. The van der Waals surface area contributed by atoms with Gasteiger partial charge in [0, 0.05) is 19.1 Å². The van der Waals surface area contributed by atoms with Crippen molar-refractivity contribution in [1.29, 1.82) is 0 Å². The van der Waals surface area contributed by atoms with E-state index >= 15 is 0 Å². The molecule has 3 nitrogen and oxygen atoms in total. The summed E-state index contributed by atoms with van der Waals surface area (Å²) in [6.45, 7) is 0.789. The molecule has 1 aliphatic rings. The number of carbonyl (C=O) groups excluding carboxylic acids is 1. The lowest BCUT2D eigenvalue weighted by molar-refractivity contribution is -0.140. The largest absolute Gasteiger partial charge is 0.419 e. The van der Waals surface area contributed by atoms with Crippen LogP contribution < -0.4 is 5.32 Å². The molecule has 1 saturated heterocycles. The number of carbonyl (C=O) groups is 1. The summed E-state index contributed by atoms with van der Waals surface area (Å²) in [5.74, 6) is -2.19. The van der Waals surface area contributed by atoms with Crippen molar-refractivity contribution in [2.45, 2.75) is 25.1 Å². The Kier molecular flexibility index (Phi) is 6.19. The molecule has 0 spiro atoms. The summed E-state index contributed by atoms with van der Waals surface area (Å²) in [4.78, 5) is 13.6. The van der Waals surface area contributed by atoms with Crippen molar-refractivity contribution in [3.63, 3.8) is 0 Å². The van der Waals surface area contributed by atoms with Crippen molar-refractivity contribution in [2.24, 2.45) is 0 Å². The number of hydrogen-bond donors (Lipinski definition) is 1. The highest BCUT2D eigenvalue weighted by Crippen LogP contribution is 2.32. The second kappa shape index (κ2) is 7.28. The number of benzene rings is 1. The standard InChI is InChI=1S/C14H16F4N2O.ClH/c1-19-9-4-3-7-20(8-9)13(21)10-5-2-6-11(12(10)15)14(16,17)18;/h2,5-6,9,19H,3-4,7-8H2,1H3;1H. The zero-order valence-corrected chi connectivity index (χ0v) is 12.7. The molecule has 1 aliphatic heterocycles. The van der Waals surface area contributed by atoms with Crippen LogP contribution in [0.4, 0.5) is 17.6 Å². The predicted octanol–water partition coefficient (Wildman–Crippen LogP) is 3.09. The fourth-order valence-corrected chi connectivity index (χ4v) is 2.48. The molecule has 1 aromatic carbocycles. The molecule has 1 N–H and O–H groups in total. The summed E-state index contributed by atoms with van der Waals surface area (Å²) < 4.78 is 52.0. The monoisotopic (exact) mass is 340 g/mol. The Morgan fingerprint density at radius 1 is 1.36 bits per heavy atom. The molecule has 1 atom stereocenters. The van der Waals surface area contributed by atoms with Crippen LogP contribution in [0.2, 0.25) is 0 Å². The van der Waals surface area contributed by atoms with Crippen LogP contribution in [-0.2, 0) is 6.18 Å². The average Bonchev–Trinajstić information content (AvgIpc) is 2.45. The minimum atomic E-state index is -4.81. The first-order valence-corrected chi connectivity index (χ1v) is 6.67. The number of nitrogens with one attached hydrogen (secondary N) is 1.